The van der Waals surface area contributed by atoms with E-state index in [0.29, 0.717) is 5.76 Å². The summed E-state index contributed by atoms with van der Waals surface area (Å²) in [4.78, 5) is 12.3. The molecule has 7 heteroatoms. The number of furan rings is 1. The van der Waals surface area contributed by atoms with Crippen molar-refractivity contribution in [3.05, 3.63) is 47.4 Å². The molecule has 6 nitrogen and oxygen atoms in total. The van der Waals surface area contributed by atoms with Gasteiger partial charge in [-0.05, 0) is 19.1 Å². The third-order valence-corrected chi connectivity index (χ3v) is 4.91. The predicted octanol–water partition coefficient (Wildman–Crippen LogP) is 2.51. The first-order valence-electron chi connectivity index (χ1n) is 6.52. The van der Waals surface area contributed by atoms with Crippen molar-refractivity contribution in [3.63, 3.8) is 0 Å². The van der Waals surface area contributed by atoms with Gasteiger partial charge in [-0.1, -0.05) is 19.1 Å². The number of rotatable bonds is 4. The van der Waals surface area contributed by atoms with Crippen LogP contribution in [0.1, 0.15) is 28.8 Å². The number of hydrogen-bond acceptors (Lipinski definition) is 5. The number of nitriles is 1. The standard InChI is InChI=1S/C15H14N2O4S/c1-3-22(19,20)14-7-5-4-6-13(14)17-15(18)12-8-11(9-16)21-10(12)2/h4-8H,3H2,1-2H3,(H,17,18). The summed E-state index contributed by atoms with van der Waals surface area (Å²) in [5.74, 6) is -0.271. The molecule has 0 fully saturated rings. The Morgan fingerprint density at radius 2 is 2.05 bits per heavy atom. The third kappa shape index (κ3) is 3.02. The highest BCUT2D eigenvalue weighted by atomic mass is 32.2. The van der Waals surface area contributed by atoms with E-state index >= 15 is 0 Å². The fraction of sp³-hybridized carbons (Fsp3) is 0.200. The molecule has 114 valence electrons. The lowest BCUT2D eigenvalue weighted by molar-refractivity contribution is 0.102. The zero-order valence-corrected chi connectivity index (χ0v) is 12.9. The molecule has 0 radical (unpaired) electrons. The Morgan fingerprint density at radius 1 is 1.36 bits per heavy atom. The first-order chi connectivity index (χ1) is 10.4. The van der Waals surface area contributed by atoms with Gasteiger partial charge in [0.25, 0.3) is 5.91 Å². The Balaban J connectivity index is 2.38. The second kappa shape index (κ2) is 6.03. The minimum atomic E-state index is -3.46. The van der Waals surface area contributed by atoms with Gasteiger partial charge in [-0.25, -0.2) is 8.42 Å². The van der Waals surface area contributed by atoms with Crippen LogP contribution in [0.25, 0.3) is 0 Å². The number of nitrogens with zero attached hydrogens (tertiary/aromatic N) is 1. The molecule has 1 heterocycles. The fourth-order valence-corrected chi connectivity index (χ4v) is 3.00. The van der Waals surface area contributed by atoms with Gasteiger partial charge in [0.2, 0.25) is 5.76 Å². The molecule has 0 unspecified atom stereocenters. The second-order valence-electron chi connectivity index (χ2n) is 4.55. The number of benzene rings is 1. The minimum Gasteiger partial charge on any atom is -0.450 e. The van der Waals surface area contributed by atoms with Crippen LogP contribution in [0.15, 0.2) is 39.6 Å². The highest BCUT2D eigenvalue weighted by molar-refractivity contribution is 7.91. The lowest BCUT2D eigenvalue weighted by Crippen LogP contribution is -2.15. The highest BCUT2D eigenvalue weighted by Crippen LogP contribution is 2.23. The van der Waals surface area contributed by atoms with E-state index in [1.807, 2.05) is 6.07 Å². The Hall–Kier alpha value is -2.59. The third-order valence-electron chi connectivity index (χ3n) is 3.12. The highest BCUT2D eigenvalue weighted by Gasteiger charge is 2.20. The van der Waals surface area contributed by atoms with Crippen LogP contribution in [0.3, 0.4) is 0 Å². The molecule has 1 aromatic heterocycles. The van der Waals surface area contributed by atoms with Crippen LogP contribution in [0.2, 0.25) is 0 Å². The fourth-order valence-electron chi connectivity index (χ4n) is 1.95. The van der Waals surface area contributed by atoms with Crippen LogP contribution in [-0.4, -0.2) is 20.1 Å². The van der Waals surface area contributed by atoms with Gasteiger partial charge in [0.1, 0.15) is 11.8 Å². The number of carbonyl (C=O) groups is 1. The molecule has 0 aliphatic carbocycles. The second-order valence-corrected chi connectivity index (χ2v) is 6.79. The molecule has 1 amide bonds. The van der Waals surface area contributed by atoms with Crippen molar-refractivity contribution in [1.82, 2.24) is 0 Å². The van der Waals surface area contributed by atoms with E-state index < -0.39 is 15.7 Å². The number of nitrogens with one attached hydrogen (secondary N) is 1. The van der Waals surface area contributed by atoms with Crippen LogP contribution in [0.5, 0.6) is 0 Å². The number of anilines is 1. The monoisotopic (exact) mass is 318 g/mol. The van der Waals surface area contributed by atoms with Gasteiger partial charge in [0.05, 0.1) is 21.9 Å². The number of sulfone groups is 1. The zero-order valence-electron chi connectivity index (χ0n) is 12.1. The molecule has 0 saturated heterocycles. The van der Waals surface area contributed by atoms with Crippen molar-refractivity contribution in [1.29, 1.82) is 5.26 Å². The molecule has 2 aromatic rings. The van der Waals surface area contributed by atoms with Crippen LogP contribution in [0.4, 0.5) is 5.69 Å². The Morgan fingerprint density at radius 3 is 2.64 bits per heavy atom. The smallest absolute Gasteiger partial charge is 0.259 e. The summed E-state index contributed by atoms with van der Waals surface area (Å²) >= 11 is 0. The average Bonchev–Trinajstić information content (AvgIpc) is 2.89. The van der Waals surface area contributed by atoms with Gasteiger partial charge < -0.3 is 9.73 Å². The number of aryl methyl sites for hydroxylation is 1. The van der Waals surface area contributed by atoms with Crippen LogP contribution in [-0.2, 0) is 9.84 Å². The van der Waals surface area contributed by atoms with Crippen LogP contribution >= 0.6 is 0 Å². The molecule has 0 spiro atoms. The van der Waals surface area contributed by atoms with E-state index in [9.17, 15) is 13.2 Å². The average molecular weight is 318 g/mol. The van der Waals surface area contributed by atoms with E-state index in [-0.39, 0.29) is 27.7 Å². The van der Waals surface area contributed by atoms with E-state index in [0.717, 1.165) is 0 Å². The van der Waals surface area contributed by atoms with Crippen molar-refractivity contribution < 1.29 is 17.6 Å². The molecular formula is C15H14N2O4S. The Kier molecular flexibility index (Phi) is 4.33. The van der Waals surface area contributed by atoms with Crippen molar-refractivity contribution >= 4 is 21.4 Å². The first-order valence-corrected chi connectivity index (χ1v) is 8.18. The molecule has 2 rings (SSSR count). The van der Waals surface area contributed by atoms with Gasteiger partial charge in [0.15, 0.2) is 9.84 Å². The number of para-hydroxylation sites is 1. The maximum atomic E-state index is 12.3. The summed E-state index contributed by atoms with van der Waals surface area (Å²) in [6.07, 6.45) is 0. The van der Waals surface area contributed by atoms with Gasteiger partial charge in [0, 0.05) is 6.07 Å². The van der Waals surface area contributed by atoms with E-state index in [1.165, 1.54) is 25.1 Å². The van der Waals surface area contributed by atoms with Crippen molar-refractivity contribution in [2.45, 2.75) is 18.7 Å². The largest absolute Gasteiger partial charge is 0.450 e. The summed E-state index contributed by atoms with van der Waals surface area (Å²) in [7, 11) is -3.46. The normalized spacial score (nSPS) is 11.0. The maximum Gasteiger partial charge on any atom is 0.259 e. The molecule has 22 heavy (non-hydrogen) atoms. The zero-order chi connectivity index (χ0) is 16.3. The molecule has 1 aromatic carbocycles. The van der Waals surface area contributed by atoms with Gasteiger partial charge in [-0.2, -0.15) is 5.26 Å². The van der Waals surface area contributed by atoms with E-state index in [2.05, 4.69) is 5.32 Å². The molecule has 0 saturated carbocycles. The van der Waals surface area contributed by atoms with Crippen LogP contribution in [0, 0.1) is 18.3 Å². The summed E-state index contributed by atoms with van der Waals surface area (Å²) in [5, 5.41) is 11.3. The number of carbonyl (C=O) groups excluding carboxylic acids is 1. The Bertz CT molecular complexity index is 860. The first kappa shape index (κ1) is 15.8. The summed E-state index contributed by atoms with van der Waals surface area (Å²) in [5.41, 5.74) is 0.397. The van der Waals surface area contributed by atoms with Gasteiger partial charge >= 0.3 is 0 Å². The van der Waals surface area contributed by atoms with Crippen molar-refractivity contribution in [2.24, 2.45) is 0 Å². The topological polar surface area (TPSA) is 100 Å². The summed E-state index contributed by atoms with van der Waals surface area (Å²) < 4.78 is 29.2. The van der Waals surface area contributed by atoms with Crippen molar-refractivity contribution in [3.8, 4) is 6.07 Å². The molecule has 0 bridgehead atoms. The lowest BCUT2D eigenvalue weighted by atomic mass is 10.2. The number of amides is 1. The quantitative estimate of drug-likeness (QED) is 0.933. The molecule has 0 aliphatic heterocycles. The molecule has 1 N–H and O–H groups in total. The molecular weight excluding hydrogens is 304 g/mol. The molecule has 0 atom stereocenters. The predicted molar refractivity (Wildman–Crippen MR) is 80.3 cm³/mol. The number of hydrogen-bond donors (Lipinski definition) is 1. The summed E-state index contributed by atoms with van der Waals surface area (Å²) in [6, 6.07) is 9.31. The Labute approximate surface area is 128 Å². The van der Waals surface area contributed by atoms with Crippen LogP contribution < -0.4 is 5.32 Å². The summed E-state index contributed by atoms with van der Waals surface area (Å²) in [6.45, 7) is 3.10. The van der Waals surface area contributed by atoms with E-state index in [1.54, 1.807) is 19.1 Å². The molecule has 0 aliphatic rings. The minimum absolute atomic E-state index is 0.0251. The van der Waals surface area contributed by atoms with Crippen molar-refractivity contribution in [2.75, 3.05) is 11.1 Å². The lowest BCUT2D eigenvalue weighted by Gasteiger charge is -2.10. The SMILES string of the molecule is CCS(=O)(=O)c1ccccc1NC(=O)c1cc(C#N)oc1C. The maximum absolute atomic E-state index is 12.3. The van der Waals surface area contributed by atoms with E-state index in [4.69, 9.17) is 9.68 Å². The van der Waals surface area contributed by atoms with Gasteiger partial charge in [-0.15, -0.1) is 0 Å². The van der Waals surface area contributed by atoms with Gasteiger partial charge in [-0.3, -0.25) is 4.79 Å².